The molecule has 0 aliphatic heterocycles. The summed E-state index contributed by atoms with van der Waals surface area (Å²) in [5.74, 6) is 0.604. The van der Waals surface area contributed by atoms with Crippen LogP contribution >= 0.6 is 0 Å². The van der Waals surface area contributed by atoms with Gasteiger partial charge >= 0.3 is 0 Å². The van der Waals surface area contributed by atoms with Gasteiger partial charge in [0.2, 0.25) is 0 Å². The van der Waals surface area contributed by atoms with Gasteiger partial charge in [-0.1, -0.05) is 24.2 Å². The van der Waals surface area contributed by atoms with Crippen LogP contribution in [-0.2, 0) is 16.4 Å². The van der Waals surface area contributed by atoms with Gasteiger partial charge in [0.15, 0.2) is 5.03 Å². The lowest BCUT2D eigenvalue weighted by Gasteiger charge is -2.07. The first-order valence-corrected chi connectivity index (χ1v) is 7.80. The number of aromatic nitrogens is 2. The second kappa shape index (κ2) is 5.96. The average molecular weight is 308 g/mol. The predicted octanol–water partition coefficient (Wildman–Crippen LogP) is 1.97. The van der Waals surface area contributed by atoms with Gasteiger partial charge in [-0.3, -0.25) is 4.72 Å². The first kappa shape index (κ1) is 15.0. The first-order valence-electron chi connectivity index (χ1n) is 6.32. The van der Waals surface area contributed by atoms with E-state index in [1.807, 2.05) is 6.92 Å². The molecule has 0 saturated heterocycles. The van der Waals surface area contributed by atoms with Crippen molar-refractivity contribution in [3.63, 3.8) is 0 Å². The topological polar surface area (TPSA) is 107 Å². The van der Waals surface area contributed by atoms with Crippen molar-refractivity contribution in [3.8, 4) is 0 Å². The third kappa shape index (κ3) is 3.40. The molecule has 1 aromatic heterocycles. The van der Waals surface area contributed by atoms with Crippen molar-refractivity contribution >= 4 is 21.4 Å². The Morgan fingerprint density at radius 2 is 2.24 bits per heavy atom. The number of hydrogen-bond donors (Lipinski definition) is 3. The van der Waals surface area contributed by atoms with Crippen molar-refractivity contribution in [2.75, 3.05) is 4.72 Å². The molecule has 0 amide bonds. The highest BCUT2D eigenvalue weighted by Crippen LogP contribution is 2.16. The zero-order valence-corrected chi connectivity index (χ0v) is 12.5. The van der Waals surface area contributed by atoms with E-state index in [0.717, 1.165) is 0 Å². The number of benzene rings is 1. The highest BCUT2D eigenvalue weighted by Gasteiger charge is 2.17. The van der Waals surface area contributed by atoms with Crippen LogP contribution in [0.4, 0.5) is 5.69 Å². The molecule has 1 aromatic carbocycles. The van der Waals surface area contributed by atoms with Crippen LogP contribution in [0, 0.1) is 0 Å². The monoisotopic (exact) mass is 308 g/mol. The van der Waals surface area contributed by atoms with E-state index < -0.39 is 10.0 Å². The number of oxime groups is 1. The molecule has 1 heterocycles. The number of aromatic amines is 1. The average Bonchev–Trinajstić information content (AvgIpc) is 2.96. The second-order valence-corrected chi connectivity index (χ2v) is 6.07. The molecule has 0 bridgehead atoms. The van der Waals surface area contributed by atoms with E-state index in [-0.39, 0.29) is 5.03 Å². The summed E-state index contributed by atoms with van der Waals surface area (Å²) in [7, 11) is -3.72. The normalized spacial score (nSPS) is 12.4. The smallest absolute Gasteiger partial charge is 0.278 e. The zero-order valence-electron chi connectivity index (χ0n) is 11.7. The fraction of sp³-hybridized carbons (Fsp3) is 0.231. The minimum absolute atomic E-state index is 0.0114. The van der Waals surface area contributed by atoms with Gasteiger partial charge in [0.05, 0.1) is 11.9 Å². The van der Waals surface area contributed by atoms with Crippen molar-refractivity contribution in [3.05, 3.63) is 41.9 Å². The fourth-order valence-electron chi connectivity index (χ4n) is 1.74. The van der Waals surface area contributed by atoms with Gasteiger partial charge in [-0.2, -0.15) is 8.42 Å². The summed E-state index contributed by atoms with van der Waals surface area (Å²) in [6, 6.07) is 6.59. The molecule has 0 fully saturated rings. The molecule has 0 aliphatic carbocycles. The first-order chi connectivity index (χ1) is 9.96. The molecule has 0 atom stereocenters. The molecule has 0 aliphatic rings. The molecule has 0 radical (unpaired) electrons. The van der Waals surface area contributed by atoms with Gasteiger partial charge in [-0.15, -0.1) is 0 Å². The highest BCUT2D eigenvalue weighted by atomic mass is 32.2. The highest BCUT2D eigenvalue weighted by molar-refractivity contribution is 7.92. The van der Waals surface area contributed by atoms with Crippen molar-refractivity contribution in [1.29, 1.82) is 0 Å². The number of nitrogens with zero attached hydrogens (tertiary/aromatic N) is 2. The van der Waals surface area contributed by atoms with E-state index in [4.69, 9.17) is 5.21 Å². The number of anilines is 1. The summed E-state index contributed by atoms with van der Waals surface area (Å²) in [6.07, 6.45) is 1.91. The van der Waals surface area contributed by atoms with Crippen LogP contribution < -0.4 is 4.72 Å². The second-order valence-electron chi connectivity index (χ2n) is 4.42. The van der Waals surface area contributed by atoms with Crippen LogP contribution in [0.2, 0.25) is 0 Å². The zero-order chi connectivity index (χ0) is 15.5. The van der Waals surface area contributed by atoms with E-state index in [9.17, 15) is 8.42 Å². The Morgan fingerprint density at radius 1 is 1.48 bits per heavy atom. The number of rotatable bonds is 5. The SMILES string of the molecule is CCc1ncc(S(=O)(=O)Nc2cccc(C(C)=NO)c2)[nH]1. The maximum Gasteiger partial charge on any atom is 0.278 e. The third-order valence-electron chi connectivity index (χ3n) is 2.91. The molecule has 3 N–H and O–H groups in total. The van der Waals surface area contributed by atoms with Crippen LogP contribution in [0.25, 0.3) is 0 Å². The summed E-state index contributed by atoms with van der Waals surface area (Å²) >= 11 is 0. The Bertz CT molecular complexity index is 765. The van der Waals surface area contributed by atoms with Crippen molar-refractivity contribution in [2.45, 2.75) is 25.3 Å². The number of aryl methyl sites for hydroxylation is 1. The lowest BCUT2D eigenvalue weighted by molar-refractivity contribution is 0.319. The fourth-order valence-corrected chi connectivity index (χ4v) is 2.73. The Balaban J connectivity index is 2.28. The summed E-state index contributed by atoms with van der Waals surface area (Å²) in [6.45, 7) is 3.50. The van der Waals surface area contributed by atoms with Crippen LogP contribution in [0.3, 0.4) is 0 Å². The standard InChI is InChI=1S/C13H16N4O3S/c1-3-12-14-8-13(15-12)21(19,20)17-11-6-4-5-10(7-11)9(2)16-18/h4-8,17-18H,3H2,1-2H3,(H,14,15). The molecular formula is C13H16N4O3S. The molecule has 2 aromatic rings. The van der Waals surface area contributed by atoms with Gasteiger partial charge in [-0.25, -0.2) is 4.98 Å². The maximum atomic E-state index is 12.2. The van der Waals surface area contributed by atoms with Crippen molar-refractivity contribution in [1.82, 2.24) is 9.97 Å². The van der Waals surface area contributed by atoms with Gasteiger partial charge < -0.3 is 10.2 Å². The Hall–Kier alpha value is -2.35. The van der Waals surface area contributed by atoms with Crippen LogP contribution in [-0.4, -0.2) is 29.3 Å². The van der Waals surface area contributed by atoms with Gasteiger partial charge in [0.25, 0.3) is 10.0 Å². The van der Waals surface area contributed by atoms with E-state index in [2.05, 4.69) is 19.8 Å². The molecule has 7 nitrogen and oxygen atoms in total. The summed E-state index contributed by atoms with van der Waals surface area (Å²) in [4.78, 5) is 6.72. The molecule has 2 rings (SSSR count). The molecule has 0 spiro atoms. The number of sulfonamides is 1. The minimum Gasteiger partial charge on any atom is -0.411 e. The minimum atomic E-state index is -3.72. The molecule has 0 unspecified atom stereocenters. The van der Waals surface area contributed by atoms with Crippen LogP contribution in [0.1, 0.15) is 25.2 Å². The van der Waals surface area contributed by atoms with Crippen LogP contribution in [0.15, 0.2) is 40.6 Å². The van der Waals surface area contributed by atoms with E-state index >= 15 is 0 Å². The van der Waals surface area contributed by atoms with E-state index in [1.165, 1.54) is 6.20 Å². The summed E-state index contributed by atoms with van der Waals surface area (Å²) < 4.78 is 26.9. The summed E-state index contributed by atoms with van der Waals surface area (Å²) in [5.41, 5.74) is 1.39. The van der Waals surface area contributed by atoms with E-state index in [1.54, 1.807) is 31.2 Å². The largest absolute Gasteiger partial charge is 0.411 e. The lowest BCUT2D eigenvalue weighted by Crippen LogP contribution is -2.13. The Morgan fingerprint density at radius 3 is 2.86 bits per heavy atom. The Labute approximate surface area is 122 Å². The predicted molar refractivity (Wildman–Crippen MR) is 79.2 cm³/mol. The maximum absolute atomic E-state index is 12.2. The summed E-state index contributed by atoms with van der Waals surface area (Å²) in [5, 5.41) is 11.9. The van der Waals surface area contributed by atoms with Crippen LogP contribution in [0.5, 0.6) is 0 Å². The molecule has 8 heteroatoms. The number of nitrogens with one attached hydrogen (secondary N) is 2. The number of H-pyrrole nitrogens is 1. The number of hydrogen-bond acceptors (Lipinski definition) is 5. The van der Waals surface area contributed by atoms with Crippen molar-refractivity contribution in [2.24, 2.45) is 5.16 Å². The Kier molecular flexibility index (Phi) is 4.27. The van der Waals surface area contributed by atoms with E-state index in [0.29, 0.717) is 29.2 Å². The molecule has 0 saturated carbocycles. The van der Waals surface area contributed by atoms with Gasteiger partial charge in [-0.05, 0) is 19.1 Å². The number of imidazole rings is 1. The molecule has 21 heavy (non-hydrogen) atoms. The quantitative estimate of drug-likeness (QED) is 0.446. The van der Waals surface area contributed by atoms with Gasteiger partial charge in [0, 0.05) is 17.7 Å². The molecular weight excluding hydrogens is 292 g/mol. The van der Waals surface area contributed by atoms with Gasteiger partial charge in [0.1, 0.15) is 5.82 Å². The van der Waals surface area contributed by atoms with Crippen molar-refractivity contribution < 1.29 is 13.6 Å². The molecule has 112 valence electrons. The lowest BCUT2D eigenvalue weighted by atomic mass is 10.1. The third-order valence-corrected chi connectivity index (χ3v) is 4.20.